The zero-order valence-electron chi connectivity index (χ0n) is 7.77. The van der Waals surface area contributed by atoms with Crippen LogP contribution in [-0.2, 0) is 0 Å². The van der Waals surface area contributed by atoms with Crippen LogP contribution in [0.15, 0.2) is 0 Å². The minimum absolute atomic E-state index is 0.950. The van der Waals surface area contributed by atoms with E-state index in [1.54, 1.807) is 0 Å². The van der Waals surface area contributed by atoms with Crippen LogP contribution in [0.5, 0.6) is 0 Å². The van der Waals surface area contributed by atoms with E-state index in [0.717, 1.165) is 11.8 Å². The first kappa shape index (κ1) is 9.09. The standard InChI is InChI=1S/C11H19/c1-9(2)7-8-11-6-4-5-10(11)3/h7,10-11H,1,4-6,8H2,2-3H3/t10-,11+/m1/s1. The Kier molecular flexibility index (Phi) is 3.42. The molecule has 0 aromatic heterocycles. The molecule has 2 atom stereocenters. The number of rotatable bonds is 3. The van der Waals surface area contributed by atoms with Crippen molar-refractivity contribution < 1.29 is 0 Å². The maximum absolute atomic E-state index is 3.89. The van der Waals surface area contributed by atoms with Gasteiger partial charge in [-0.3, -0.25) is 0 Å². The van der Waals surface area contributed by atoms with Gasteiger partial charge in [-0.05, 0) is 37.5 Å². The van der Waals surface area contributed by atoms with Gasteiger partial charge < -0.3 is 0 Å². The zero-order chi connectivity index (χ0) is 8.27. The largest absolute Gasteiger partial charge is 0.0622 e. The molecular weight excluding hydrogens is 132 g/mol. The monoisotopic (exact) mass is 151 g/mol. The smallest absolute Gasteiger partial charge is 0.0238 e. The lowest BCUT2D eigenvalue weighted by molar-refractivity contribution is 0.413. The van der Waals surface area contributed by atoms with Gasteiger partial charge in [-0.2, -0.15) is 0 Å². The van der Waals surface area contributed by atoms with E-state index in [1.807, 2.05) is 0 Å². The Morgan fingerprint density at radius 1 is 1.55 bits per heavy atom. The molecule has 1 rings (SSSR count). The summed E-state index contributed by atoms with van der Waals surface area (Å²) < 4.78 is 0. The van der Waals surface area contributed by atoms with Crippen LogP contribution in [0.1, 0.15) is 39.5 Å². The lowest BCUT2D eigenvalue weighted by atomic mass is 9.90. The summed E-state index contributed by atoms with van der Waals surface area (Å²) in [5.41, 5.74) is 0. The highest BCUT2D eigenvalue weighted by Crippen LogP contribution is 2.34. The summed E-state index contributed by atoms with van der Waals surface area (Å²) >= 11 is 0. The van der Waals surface area contributed by atoms with Gasteiger partial charge in [0, 0.05) is 0 Å². The molecule has 0 unspecified atom stereocenters. The summed E-state index contributed by atoms with van der Waals surface area (Å²) in [7, 11) is 0. The quantitative estimate of drug-likeness (QED) is 0.579. The van der Waals surface area contributed by atoms with Crippen molar-refractivity contribution in [3.63, 3.8) is 0 Å². The van der Waals surface area contributed by atoms with Gasteiger partial charge in [0.2, 0.25) is 0 Å². The van der Waals surface area contributed by atoms with Gasteiger partial charge in [0.1, 0.15) is 0 Å². The van der Waals surface area contributed by atoms with Crippen LogP contribution in [0, 0.1) is 31.1 Å². The molecule has 0 saturated heterocycles. The lowest BCUT2D eigenvalue weighted by Crippen LogP contribution is -2.05. The first-order valence-corrected chi connectivity index (χ1v) is 4.69. The Morgan fingerprint density at radius 3 is 2.73 bits per heavy atom. The summed E-state index contributed by atoms with van der Waals surface area (Å²) in [6, 6.07) is 0. The Hall–Kier alpha value is 0. The predicted molar refractivity (Wildman–Crippen MR) is 49.7 cm³/mol. The molecule has 0 heteroatoms. The van der Waals surface area contributed by atoms with Crippen molar-refractivity contribution in [3.05, 3.63) is 19.3 Å². The molecule has 1 aliphatic rings. The van der Waals surface area contributed by atoms with E-state index in [4.69, 9.17) is 0 Å². The second kappa shape index (κ2) is 4.13. The number of hydrogen-bond acceptors (Lipinski definition) is 0. The van der Waals surface area contributed by atoms with Crippen LogP contribution in [-0.4, -0.2) is 0 Å². The molecule has 3 radical (unpaired) electrons. The molecule has 0 aliphatic heterocycles. The molecule has 0 amide bonds. The molecule has 0 spiro atoms. The average molecular weight is 151 g/mol. The first-order valence-electron chi connectivity index (χ1n) is 4.69. The highest BCUT2D eigenvalue weighted by atomic mass is 14.3. The lowest BCUT2D eigenvalue weighted by Gasteiger charge is -2.15. The van der Waals surface area contributed by atoms with E-state index in [0.29, 0.717) is 0 Å². The molecule has 1 fully saturated rings. The Labute approximate surface area is 71.4 Å². The molecule has 0 nitrogen and oxygen atoms in total. The van der Waals surface area contributed by atoms with E-state index in [2.05, 4.69) is 27.2 Å². The van der Waals surface area contributed by atoms with Crippen molar-refractivity contribution in [2.45, 2.75) is 39.5 Å². The first-order chi connectivity index (χ1) is 5.20. The van der Waals surface area contributed by atoms with Crippen molar-refractivity contribution >= 4 is 0 Å². The van der Waals surface area contributed by atoms with E-state index < -0.39 is 0 Å². The highest BCUT2D eigenvalue weighted by Gasteiger charge is 2.22. The van der Waals surface area contributed by atoms with Gasteiger partial charge in [0.25, 0.3) is 0 Å². The summed E-state index contributed by atoms with van der Waals surface area (Å²) in [4.78, 5) is 0. The molecule has 1 saturated carbocycles. The van der Waals surface area contributed by atoms with Crippen LogP contribution in [0.2, 0.25) is 0 Å². The molecule has 0 bridgehead atoms. The summed E-state index contributed by atoms with van der Waals surface area (Å²) in [6.07, 6.45) is 7.86. The summed E-state index contributed by atoms with van der Waals surface area (Å²) in [5, 5.41) is 0. The van der Waals surface area contributed by atoms with Crippen molar-refractivity contribution in [2.75, 3.05) is 0 Å². The van der Waals surface area contributed by atoms with Crippen molar-refractivity contribution in [1.82, 2.24) is 0 Å². The van der Waals surface area contributed by atoms with Crippen molar-refractivity contribution in [1.29, 1.82) is 0 Å². The molecular formula is C11H19. The molecule has 0 N–H and O–H groups in total. The van der Waals surface area contributed by atoms with Gasteiger partial charge >= 0.3 is 0 Å². The maximum Gasteiger partial charge on any atom is -0.0238 e. The van der Waals surface area contributed by atoms with Crippen LogP contribution in [0.3, 0.4) is 0 Å². The normalized spacial score (nSPS) is 31.6. The van der Waals surface area contributed by atoms with Gasteiger partial charge in [-0.15, -0.1) is 0 Å². The van der Waals surface area contributed by atoms with Crippen molar-refractivity contribution in [2.24, 2.45) is 11.8 Å². The topological polar surface area (TPSA) is 0 Å². The third kappa shape index (κ3) is 2.84. The minimum Gasteiger partial charge on any atom is -0.0622 e. The zero-order valence-corrected chi connectivity index (χ0v) is 7.77. The summed E-state index contributed by atoms with van der Waals surface area (Å²) in [6.45, 7) is 8.35. The fourth-order valence-corrected chi connectivity index (χ4v) is 1.92. The number of hydrogen-bond donors (Lipinski definition) is 0. The highest BCUT2D eigenvalue weighted by molar-refractivity contribution is 5.02. The molecule has 0 heterocycles. The van der Waals surface area contributed by atoms with Crippen LogP contribution >= 0.6 is 0 Å². The minimum atomic E-state index is 0.950. The molecule has 1 aliphatic carbocycles. The van der Waals surface area contributed by atoms with Gasteiger partial charge in [0.15, 0.2) is 0 Å². The van der Waals surface area contributed by atoms with E-state index in [9.17, 15) is 0 Å². The van der Waals surface area contributed by atoms with E-state index >= 15 is 0 Å². The maximum atomic E-state index is 3.89. The molecule has 63 valence electrons. The average Bonchev–Trinajstić information content (AvgIpc) is 2.31. The second-order valence-electron chi connectivity index (χ2n) is 3.95. The van der Waals surface area contributed by atoms with Crippen LogP contribution in [0.25, 0.3) is 0 Å². The fraction of sp³-hybridized carbons (Fsp3) is 0.727. The fourth-order valence-electron chi connectivity index (χ4n) is 1.92. The third-order valence-corrected chi connectivity index (χ3v) is 2.81. The SMILES string of the molecule is [CH2][C](C)[CH]C[C@@H]1CCC[C@H]1C. The van der Waals surface area contributed by atoms with Crippen molar-refractivity contribution in [3.8, 4) is 0 Å². The van der Waals surface area contributed by atoms with Gasteiger partial charge in [0.05, 0.1) is 0 Å². The summed E-state index contributed by atoms with van der Waals surface area (Å²) in [5.74, 6) is 3.13. The third-order valence-electron chi connectivity index (χ3n) is 2.81. The van der Waals surface area contributed by atoms with E-state index in [-0.39, 0.29) is 0 Å². The Bertz CT molecular complexity index is 105. The predicted octanol–water partition coefficient (Wildman–Crippen LogP) is 3.45. The van der Waals surface area contributed by atoms with E-state index in [1.165, 1.54) is 31.6 Å². The van der Waals surface area contributed by atoms with Crippen LogP contribution < -0.4 is 0 Å². The Balaban J connectivity index is 2.15. The van der Waals surface area contributed by atoms with Gasteiger partial charge in [-0.25, -0.2) is 0 Å². The second-order valence-corrected chi connectivity index (χ2v) is 3.95. The Morgan fingerprint density at radius 2 is 2.27 bits per heavy atom. The molecule has 0 aromatic carbocycles. The molecule has 11 heavy (non-hydrogen) atoms. The van der Waals surface area contributed by atoms with Crippen LogP contribution in [0.4, 0.5) is 0 Å². The molecule has 0 aromatic rings. The van der Waals surface area contributed by atoms with Gasteiger partial charge in [-0.1, -0.05) is 33.1 Å².